The predicted octanol–water partition coefficient (Wildman–Crippen LogP) is -0.522. The summed E-state index contributed by atoms with van der Waals surface area (Å²) in [7, 11) is 0. The molecule has 0 aromatic carbocycles. The largest absolute Gasteiger partial charge is 0.394 e. The van der Waals surface area contributed by atoms with Gasteiger partial charge in [-0.05, 0) is 6.07 Å². The number of aromatic nitrogens is 2. The van der Waals surface area contributed by atoms with Gasteiger partial charge in [0.15, 0.2) is 0 Å². The summed E-state index contributed by atoms with van der Waals surface area (Å²) < 4.78 is 6.61. The summed E-state index contributed by atoms with van der Waals surface area (Å²) in [6.07, 6.45) is -0.561. The van der Waals surface area contributed by atoms with E-state index in [0.29, 0.717) is 0 Å². The lowest BCUT2D eigenvalue weighted by Gasteiger charge is -2.14. The molecule has 1 amide bonds. The molecule has 0 aliphatic carbocycles. The highest BCUT2D eigenvalue weighted by Crippen LogP contribution is 2.27. The van der Waals surface area contributed by atoms with Gasteiger partial charge in [-0.3, -0.25) is 9.36 Å². The van der Waals surface area contributed by atoms with E-state index in [-0.39, 0.29) is 30.7 Å². The molecule has 21 heavy (non-hydrogen) atoms. The van der Waals surface area contributed by atoms with Crippen LogP contribution in [-0.2, 0) is 9.53 Å². The van der Waals surface area contributed by atoms with Gasteiger partial charge in [0.2, 0.25) is 5.91 Å². The molecule has 8 heteroatoms. The fraction of sp³-hybridized carbons (Fsp3) is 0.615. The normalized spacial score (nSPS) is 25.3. The maximum atomic E-state index is 12.0. The first-order chi connectivity index (χ1) is 9.92. The van der Waals surface area contributed by atoms with Crippen molar-refractivity contribution in [2.45, 2.75) is 38.7 Å². The summed E-state index contributed by atoms with van der Waals surface area (Å²) in [5.74, 6) is -0.271. The number of amides is 1. The molecule has 0 unspecified atom stereocenters. The Hall–Kier alpha value is -1.77. The minimum absolute atomic E-state index is 0.173. The van der Waals surface area contributed by atoms with E-state index < -0.39 is 24.1 Å². The van der Waals surface area contributed by atoms with Gasteiger partial charge < -0.3 is 20.3 Å². The number of rotatable bonds is 4. The van der Waals surface area contributed by atoms with Crippen LogP contribution in [-0.4, -0.2) is 44.5 Å². The molecule has 1 aliphatic heterocycles. The number of aliphatic hydroxyl groups excluding tert-OH is 2. The molecule has 0 bridgehead atoms. The lowest BCUT2D eigenvalue weighted by molar-refractivity contribution is -0.118. The molecule has 0 radical (unpaired) electrons. The van der Waals surface area contributed by atoms with Crippen molar-refractivity contribution in [3.8, 4) is 0 Å². The summed E-state index contributed by atoms with van der Waals surface area (Å²) >= 11 is 0. The van der Waals surface area contributed by atoms with Crippen molar-refractivity contribution in [3.63, 3.8) is 0 Å². The Bertz CT molecular complexity index is 571. The van der Waals surface area contributed by atoms with Crippen LogP contribution in [0.1, 0.15) is 26.5 Å². The summed E-state index contributed by atoms with van der Waals surface area (Å²) in [5, 5.41) is 21.2. The second-order valence-electron chi connectivity index (χ2n) is 5.26. The fourth-order valence-corrected chi connectivity index (χ4v) is 2.02. The zero-order valence-electron chi connectivity index (χ0n) is 11.9. The van der Waals surface area contributed by atoms with Crippen LogP contribution < -0.4 is 11.0 Å². The molecule has 1 aromatic heterocycles. The third-order valence-corrected chi connectivity index (χ3v) is 3.30. The third kappa shape index (κ3) is 3.46. The first-order valence-electron chi connectivity index (χ1n) is 6.76. The number of ether oxygens (including phenoxy) is 1. The quantitative estimate of drug-likeness (QED) is 0.689. The minimum atomic E-state index is -0.827. The maximum absolute atomic E-state index is 12.0. The van der Waals surface area contributed by atoms with E-state index in [1.54, 1.807) is 13.8 Å². The number of nitrogens with zero attached hydrogens (tertiary/aromatic N) is 2. The molecule has 1 saturated heterocycles. The highest BCUT2D eigenvalue weighted by atomic mass is 16.5. The van der Waals surface area contributed by atoms with E-state index in [2.05, 4.69) is 10.3 Å². The molecule has 2 rings (SSSR count). The topological polar surface area (TPSA) is 114 Å². The summed E-state index contributed by atoms with van der Waals surface area (Å²) in [4.78, 5) is 27.3. The van der Waals surface area contributed by atoms with Crippen LogP contribution in [0.4, 0.5) is 5.82 Å². The van der Waals surface area contributed by atoms with Gasteiger partial charge in [0, 0.05) is 18.5 Å². The molecule has 3 N–H and O–H groups in total. The molecule has 1 fully saturated rings. The molecule has 1 aliphatic rings. The van der Waals surface area contributed by atoms with Gasteiger partial charge in [-0.15, -0.1) is 0 Å². The predicted molar refractivity (Wildman–Crippen MR) is 73.6 cm³/mol. The van der Waals surface area contributed by atoms with Crippen molar-refractivity contribution in [1.82, 2.24) is 9.55 Å². The lowest BCUT2D eigenvalue weighted by Crippen LogP contribution is -2.29. The molecular formula is C13H19N3O5. The van der Waals surface area contributed by atoms with E-state index in [1.165, 1.54) is 16.8 Å². The van der Waals surface area contributed by atoms with E-state index in [0.717, 1.165) is 0 Å². The van der Waals surface area contributed by atoms with Crippen LogP contribution in [0.5, 0.6) is 0 Å². The highest BCUT2D eigenvalue weighted by Gasteiger charge is 2.34. The first kappa shape index (κ1) is 15.6. The molecule has 116 valence electrons. The van der Waals surface area contributed by atoms with Gasteiger partial charge >= 0.3 is 5.69 Å². The van der Waals surface area contributed by atoms with Crippen LogP contribution in [0, 0.1) is 5.92 Å². The summed E-state index contributed by atoms with van der Waals surface area (Å²) in [6.45, 7) is 3.15. The van der Waals surface area contributed by atoms with Crippen molar-refractivity contribution in [2.75, 3.05) is 11.9 Å². The average molecular weight is 297 g/mol. The molecule has 2 heterocycles. The van der Waals surface area contributed by atoms with E-state index in [9.17, 15) is 14.7 Å². The second-order valence-corrected chi connectivity index (χ2v) is 5.26. The number of carbonyl (C=O) groups excluding carboxylic acids is 1. The Morgan fingerprint density at radius 1 is 1.62 bits per heavy atom. The van der Waals surface area contributed by atoms with Crippen molar-refractivity contribution >= 4 is 11.7 Å². The van der Waals surface area contributed by atoms with Gasteiger partial charge in [-0.2, -0.15) is 4.98 Å². The third-order valence-electron chi connectivity index (χ3n) is 3.30. The Kier molecular flexibility index (Phi) is 4.71. The van der Waals surface area contributed by atoms with E-state index in [4.69, 9.17) is 9.84 Å². The monoisotopic (exact) mass is 297 g/mol. The SMILES string of the molecule is CC(C)C(=O)Nc1ccn([C@H]2C[C@@H](O)[C@H](CO)O2)c(=O)n1. The van der Waals surface area contributed by atoms with Crippen molar-refractivity contribution < 1.29 is 19.7 Å². The average Bonchev–Trinajstić information content (AvgIpc) is 2.79. The molecule has 0 saturated carbocycles. The van der Waals surface area contributed by atoms with Crippen LogP contribution in [0.15, 0.2) is 17.1 Å². The van der Waals surface area contributed by atoms with Gasteiger partial charge in [0.05, 0.1) is 12.7 Å². The van der Waals surface area contributed by atoms with Crippen molar-refractivity contribution in [1.29, 1.82) is 0 Å². The van der Waals surface area contributed by atoms with Crippen molar-refractivity contribution in [3.05, 3.63) is 22.7 Å². The Balaban J connectivity index is 2.13. The van der Waals surface area contributed by atoms with E-state index >= 15 is 0 Å². The number of carbonyl (C=O) groups is 1. The second kappa shape index (κ2) is 6.33. The lowest BCUT2D eigenvalue weighted by atomic mass is 10.2. The maximum Gasteiger partial charge on any atom is 0.351 e. The molecular weight excluding hydrogens is 278 g/mol. The molecule has 1 aromatic rings. The van der Waals surface area contributed by atoms with Crippen LogP contribution in [0.25, 0.3) is 0 Å². The van der Waals surface area contributed by atoms with Gasteiger partial charge in [-0.25, -0.2) is 4.79 Å². The number of anilines is 1. The van der Waals surface area contributed by atoms with Crippen LogP contribution >= 0.6 is 0 Å². The van der Waals surface area contributed by atoms with Crippen molar-refractivity contribution in [2.24, 2.45) is 5.92 Å². The van der Waals surface area contributed by atoms with Gasteiger partial charge in [0.1, 0.15) is 18.1 Å². The minimum Gasteiger partial charge on any atom is -0.394 e. The first-order valence-corrected chi connectivity index (χ1v) is 6.76. The smallest absolute Gasteiger partial charge is 0.351 e. The number of hydrogen-bond donors (Lipinski definition) is 3. The number of aliphatic hydroxyl groups is 2. The zero-order valence-corrected chi connectivity index (χ0v) is 11.9. The Morgan fingerprint density at radius 3 is 2.86 bits per heavy atom. The standard InChI is InChI=1S/C13H19N3O5/c1-7(2)12(19)14-10-3-4-16(13(20)15-10)11-5-8(18)9(6-17)21-11/h3-4,7-9,11,17-18H,5-6H2,1-2H3,(H,14,15,19,20)/t8-,9+,11-/m1/s1. The van der Waals surface area contributed by atoms with Crippen LogP contribution in [0.2, 0.25) is 0 Å². The van der Waals surface area contributed by atoms with Crippen LogP contribution in [0.3, 0.4) is 0 Å². The molecule has 3 atom stereocenters. The Labute approximate surface area is 121 Å². The Morgan fingerprint density at radius 2 is 2.33 bits per heavy atom. The van der Waals surface area contributed by atoms with E-state index in [1.807, 2.05) is 0 Å². The molecule has 8 nitrogen and oxygen atoms in total. The van der Waals surface area contributed by atoms with Gasteiger partial charge in [0.25, 0.3) is 0 Å². The number of nitrogens with one attached hydrogen (secondary N) is 1. The number of hydrogen-bond acceptors (Lipinski definition) is 6. The fourth-order valence-electron chi connectivity index (χ4n) is 2.02. The summed E-state index contributed by atoms with van der Waals surface area (Å²) in [6, 6.07) is 1.49. The summed E-state index contributed by atoms with van der Waals surface area (Å²) in [5.41, 5.74) is -0.590. The van der Waals surface area contributed by atoms with Gasteiger partial charge in [-0.1, -0.05) is 13.8 Å². The zero-order chi connectivity index (χ0) is 15.6. The highest BCUT2D eigenvalue weighted by molar-refractivity contribution is 5.90. The molecule has 0 spiro atoms.